The molecule has 88 valence electrons. The van der Waals surface area contributed by atoms with Crippen molar-refractivity contribution < 1.29 is 9.47 Å². The van der Waals surface area contributed by atoms with Gasteiger partial charge in [-0.25, -0.2) is 4.98 Å². The Morgan fingerprint density at radius 1 is 1.44 bits per heavy atom. The highest BCUT2D eigenvalue weighted by molar-refractivity contribution is 6.31. The first-order valence-electron chi connectivity index (χ1n) is 5.36. The summed E-state index contributed by atoms with van der Waals surface area (Å²) in [4.78, 5) is 4.07. The molecule has 1 fully saturated rings. The van der Waals surface area contributed by atoms with E-state index in [1.165, 1.54) is 0 Å². The van der Waals surface area contributed by atoms with E-state index < -0.39 is 0 Å². The standard InChI is InChI=1S/C11H15ClN2O2/c1-15-11-10(12)6-9(7-14-11)16-8-2-4-13-5-3-8/h6-8,13H,2-5H2,1H3. The molecule has 0 aromatic carbocycles. The molecule has 0 spiro atoms. The molecule has 0 aliphatic carbocycles. The molecule has 16 heavy (non-hydrogen) atoms. The van der Waals surface area contributed by atoms with E-state index in [0.717, 1.165) is 25.9 Å². The van der Waals surface area contributed by atoms with Crippen LogP contribution in [0.5, 0.6) is 11.6 Å². The summed E-state index contributed by atoms with van der Waals surface area (Å²) in [5.41, 5.74) is 0. The highest BCUT2D eigenvalue weighted by atomic mass is 35.5. The normalized spacial score (nSPS) is 17.1. The zero-order valence-corrected chi connectivity index (χ0v) is 9.96. The van der Waals surface area contributed by atoms with Crippen LogP contribution in [-0.2, 0) is 0 Å². The molecule has 1 aliphatic heterocycles. The van der Waals surface area contributed by atoms with Gasteiger partial charge in [0.25, 0.3) is 0 Å². The molecule has 1 saturated heterocycles. The van der Waals surface area contributed by atoms with Crippen molar-refractivity contribution in [1.82, 2.24) is 10.3 Å². The number of halogens is 1. The highest BCUT2D eigenvalue weighted by Crippen LogP contribution is 2.26. The molecule has 1 aromatic heterocycles. The Kier molecular flexibility index (Phi) is 3.85. The lowest BCUT2D eigenvalue weighted by molar-refractivity contribution is 0.161. The molecular weight excluding hydrogens is 228 g/mol. The zero-order valence-electron chi connectivity index (χ0n) is 9.20. The zero-order chi connectivity index (χ0) is 11.4. The van der Waals surface area contributed by atoms with Crippen molar-refractivity contribution in [3.63, 3.8) is 0 Å². The number of piperidine rings is 1. The maximum atomic E-state index is 5.97. The van der Waals surface area contributed by atoms with Crippen LogP contribution in [0.3, 0.4) is 0 Å². The predicted molar refractivity (Wildman–Crippen MR) is 62.3 cm³/mol. The summed E-state index contributed by atoms with van der Waals surface area (Å²) in [6.07, 6.45) is 3.94. The van der Waals surface area contributed by atoms with Crippen LogP contribution in [0.25, 0.3) is 0 Å². The van der Waals surface area contributed by atoms with Gasteiger partial charge in [-0.1, -0.05) is 11.6 Å². The van der Waals surface area contributed by atoms with E-state index in [1.54, 1.807) is 19.4 Å². The van der Waals surface area contributed by atoms with Crippen molar-refractivity contribution in [2.24, 2.45) is 0 Å². The van der Waals surface area contributed by atoms with E-state index in [4.69, 9.17) is 21.1 Å². The van der Waals surface area contributed by atoms with Gasteiger partial charge < -0.3 is 14.8 Å². The molecule has 0 atom stereocenters. The van der Waals surface area contributed by atoms with Gasteiger partial charge in [0.2, 0.25) is 5.88 Å². The van der Waals surface area contributed by atoms with Crippen LogP contribution in [0.1, 0.15) is 12.8 Å². The van der Waals surface area contributed by atoms with Gasteiger partial charge in [0.1, 0.15) is 16.9 Å². The van der Waals surface area contributed by atoms with Gasteiger partial charge in [-0.2, -0.15) is 0 Å². The summed E-state index contributed by atoms with van der Waals surface area (Å²) in [6, 6.07) is 1.75. The van der Waals surface area contributed by atoms with Crippen LogP contribution in [0.15, 0.2) is 12.3 Å². The molecule has 0 radical (unpaired) electrons. The number of aromatic nitrogens is 1. The molecule has 0 saturated carbocycles. The molecule has 2 rings (SSSR count). The summed E-state index contributed by atoms with van der Waals surface area (Å²) >= 11 is 5.97. The first kappa shape index (κ1) is 11.5. The van der Waals surface area contributed by atoms with Gasteiger partial charge in [-0.05, 0) is 25.9 Å². The lowest BCUT2D eigenvalue weighted by atomic mass is 10.1. The van der Waals surface area contributed by atoms with Gasteiger partial charge in [-0.15, -0.1) is 0 Å². The second kappa shape index (κ2) is 5.37. The SMILES string of the molecule is COc1ncc(OC2CCNCC2)cc1Cl. The van der Waals surface area contributed by atoms with Crippen LogP contribution in [0, 0.1) is 0 Å². The van der Waals surface area contributed by atoms with Gasteiger partial charge >= 0.3 is 0 Å². The summed E-state index contributed by atoms with van der Waals surface area (Å²) < 4.78 is 10.8. The maximum Gasteiger partial charge on any atom is 0.232 e. The Hall–Kier alpha value is -1.00. The molecule has 0 bridgehead atoms. The van der Waals surface area contributed by atoms with E-state index in [0.29, 0.717) is 16.7 Å². The quantitative estimate of drug-likeness (QED) is 0.879. The molecule has 5 heteroatoms. The molecule has 1 aromatic rings. The van der Waals surface area contributed by atoms with Gasteiger partial charge in [0.05, 0.1) is 13.3 Å². The van der Waals surface area contributed by atoms with Gasteiger partial charge in [0.15, 0.2) is 0 Å². The molecule has 2 heterocycles. The van der Waals surface area contributed by atoms with Crippen LogP contribution in [0.4, 0.5) is 0 Å². The first-order valence-corrected chi connectivity index (χ1v) is 5.74. The minimum atomic E-state index is 0.257. The summed E-state index contributed by atoms with van der Waals surface area (Å²) in [7, 11) is 1.54. The minimum absolute atomic E-state index is 0.257. The first-order chi connectivity index (χ1) is 7.79. The van der Waals surface area contributed by atoms with Crippen molar-refractivity contribution >= 4 is 11.6 Å². The number of hydrogen-bond acceptors (Lipinski definition) is 4. The second-order valence-corrected chi connectivity index (χ2v) is 4.14. The Balaban J connectivity index is 2.01. The lowest BCUT2D eigenvalue weighted by Gasteiger charge is -2.23. The van der Waals surface area contributed by atoms with Gasteiger partial charge in [0, 0.05) is 6.07 Å². The van der Waals surface area contributed by atoms with E-state index in [9.17, 15) is 0 Å². The smallest absolute Gasteiger partial charge is 0.232 e. The number of nitrogens with zero attached hydrogens (tertiary/aromatic N) is 1. The van der Waals surface area contributed by atoms with E-state index in [-0.39, 0.29) is 6.10 Å². The van der Waals surface area contributed by atoms with Crippen LogP contribution in [-0.4, -0.2) is 31.3 Å². The van der Waals surface area contributed by atoms with Crippen LogP contribution >= 0.6 is 11.6 Å². The lowest BCUT2D eigenvalue weighted by Crippen LogP contribution is -2.34. The molecule has 0 amide bonds. The molecule has 1 aliphatic rings. The van der Waals surface area contributed by atoms with Crippen molar-refractivity contribution in [2.45, 2.75) is 18.9 Å². The molecule has 0 unspecified atom stereocenters. The fourth-order valence-electron chi connectivity index (χ4n) is 1.73. The van der Waals surface area contributed by atoms with Crippen molar-refractivity contribution in [3.05, 3.63) is 17.3 Å². The topological polar surface area (TPSA) is 43.4 Å². The fourth-order valence-corrected chi connectivity index (χ4v) is 1.96. The number of hydrogen-bond donors (Lipinski definition) is 1. The van der Waals surface area contributed by atoms with Crippen LogP contribution in [0.2, 0.25) is 5.02 Å². The predicted octanol–water partition coefficient (Wildman–Crippen LogP) is 1.87. The Labute approximate surface area is 99.9 Å². The summed E-state index contributed by atoms with van der Waals surface area (Å²) in [5.74, 6) is 1.14. The molecule has 4 nitrogen and oxygen atoms in total. The van der Waals surface area contributed by atoms with Gasteiger partial charge in [-0.3, -0.25) is 0 Å². The van der Waals surface area contributed by atoms with Crippen molar-refractivity contribution in [1.29, 1.82) is 0 Å². The third-order valence-corrected chi connectivity index (χ3v) is 2.84. The fraction of sp³-hybridized carbons (Fsp3) is 0.545. The number of methoxy groups -OCH3 is 1. The van der Waals surface area contributed by atoms with E-state index in [1.807, 2.05) is 0 Å². The van der Waals surface area contributed by atoms with Crippen molar-refractivity contribution in [2.75, 3.05) is 20.2 Å². The average molecular weight is 243 g/mol. The monoisotopic (exact) mass is 242 g/mol. The highest BCUT2D eigenvalue weighted by Gasteiger charge is 2.15. The Bertz CT molecular complexity index is 354. The third kappa shape index (κ3) is 2.77. The summed E-state index contributed by atoms with van der Waals surface area (Å²) in [6.45, 7) is 2.00. The molecular formula is C11H15ClN2O2. The average Bonchev–Trinajstić information content (AvgIpc) is 2.31. The minimum Gasteiger partial charge on any atom is -0.489 e. The third-order valence-electron chi connectivity index (χ3n) is 2.56. The number of nitrogens with one attached hydrogen (secondary N) is 1. The number of ether oxygens (including phenoxy) is 2. The number of pyridine rings is 1. The Morgan fingerprint density at radius 2 is 2.19 bits per heavy atom. The number of rotatable bonds is 3. The van der Waals surface area contributed by atoms with Crippen LogP contribution < -0.4 is 14.8 Å². The maximum absolute atomic E-state index is 5.97. The molecule has 1 N–H and O–H groups in total. The Morgan fingerprint density at radius 3 is 2.81 bits per heavy atom. The summed E-state index contributed by atoms with van der Waals surface area (Å²) in [5, 5.41) is 3.77. The van der Waals surface area contributed by atoms with E-state index in [2.05, 4.69) is 10.3 Å². The van der Waals surface area contributed by atoms with Crippen molar-refractivity contribution in [3.8, 4) is 11.6 Å². The van der Waals surface area contributed by atoms with E-state index >= 15 is 0 Å². The largest absolute Gasteiger partial charge is 0.489 e. The second-order valence-electron chi connectivity index (χ2n) is 3.73.